The number of amides is 1. The number of aromatic nitrogens is 4. The van der Waals surface area contributed by atoms with Gasteiger partial charge in [-0.05, 0) is 48.2 Å². The Morgan fingerprint density at radius 3 is 2.43 bits per heavy atom. The molecule has 0 aliphatic carbocycles. The predicted octanol–water partition coefficient (Wildman–Crippen LogP) is 4.37. The molecule has 3 aliphatic rings. The summed E-state index contributed by atoms with van der Waals surface area (Å²) >= 11 is 0. The van der Waals surface area contributed by atoms with Gasteiger partial charge in [0.25, 0.3) is 0 Å². The number of nitrogens with one attached hydrogen (secondary N) is 1. The van der Waals surface area contributed by atoms with Crippen molar-refractivity contribution in [1.82, 2.24) is 29.3 Å². The van der Waals surface area contributed by atoms with Crippen molar-refractivity contribution in [3.63, 3.8) is 0 Å². The number of hydrogen-bond donors (Lipinski definition) is 1. The summed E-state index contributed by atoms with van der Waals surface area (Å²) in [7, 11) is 0. The fourth-order valence-corrected chi connectivity index (χ4v) is 6.13. The lowest BCUT2D eigenvalue weighted by molar-refractivity contribution is -0.137. The Hall–Kier alpha value is -4.59. The lowest BCUT2D eigenvalue weighted by Gasteiger charge is -2.34. The summed E-state index contributed by atoms with van der Waals surface area (Å²) in [5, 5.41) is 3.42. The Morgan fingerprint density at radius 1 is 0.891 bits per heavy atom. The van der Waals surface area contributed by atoms with Crippen molar-refractivity contribution in [3.8, 4) is 11.5 Å². The highest BCUT2D eigenvalue weighted by molar-refractivity contribution is 5.84. The molecule has 0 atom stereocenters. The molecule has 0 bridgehead atoms. The first-order valence-corrected chi connectivity index (χ1v) is 15.6. The number of carbonyl (C=O) groups is 1. The second-order valence-electron chi connectivity index (χ2n) is 11.8. The number of fused-ring (bicyclic) bond motifs is 2. The number of benzene rings is 2. The predicted molar refractivity (Wildman–Crippen MR) is 165 cm³/mol. The second-order valence-corrected chi connectivity index (χ2v) is 11.8. The van der Waals surface area contributed by atoms with Crippen molar-refractivity contribution in [1.29, 1.82) is 0 Å². The SMILES string of the molecule is O=C1CCCN1CCCNc1nc(N2CCN(Cc3ccc4c(c3)OCO4)CC2)nc2c1ncn2Cc1ccc(C(F)(F)F)cc1. The van der Waals surface area contributed by atoms with Crippen LogP contribution >= 0.6 is 0 Å². The zero-order valence-corrected chi connectivity index (χ0v) is 25.3. The normalized spacial score (nSPS) is 17.0. The van der Waals surface area contributed by atoms with Crippen LogP contribution in [0.5, 0.6) is 11.5 Å². The van der Waals surface area contributed by atoms with Crippen LogP contribution in [0.3, 0.4) is 0 Å². The van der Waals surface area contributed by atoms with Crippen LogP contribution in [0.2, 0.25) is 0 Å². The minimum Gasteiger partial charge on any atom is -0.454 e. The Morgan fingerprint density at radius 2 is 1.67 bits per heavy atom. The lowest BCUT2D eigenvalue weighted by Crippen LogP contribution is -2.46. The molecule has 1 amide bonds. The molecule has 3 aliphatic heterocycles. The van der Waals surface area contributed by atoms with Crippen molar-refractivity contribution in [2.24, 2.45) is 0 Å². The van der Waals surface area contributed by atoms with Gasteiger partial charge in [0.2, 0.25) is 18.6 Å². The first-order chi connectivity index (χ1) is 22.3. The number of anilines is 2. The summed E-state index contributed by atoms with van der Waals surface area (Å²) in [4.78, 5) is 32.8. The van der Waals surface area contributed by atoms with Gasteiger partial charge in [0.1, 0.15) is 0 Å². The van der Waals surface area contributed by atoms with Gasteiger partial charge >= 0.3 is 6.18 Å². The molecule has 0 radical (unpaired) electrons. The van der Waals surface area contributed by atoms with Gasteiger partial charge < -0.3 is 29.2 Å². The van der Waals surface area contributed by atoms with Gasteiger partial charge in [-0.25, -0.2) is 4.98 Å². The molecule has 0 unspecified atom stereocenters. The highest BCUT2D eigenvalue weighted by atomic mass is 19.4. The Bertz CT molecular complexity index is 1700. The maximum Gasteiger partial charge on any atom is 0.416 e. The minimum atomic E-state index is -4.39. The molecular weight excluding hydrogens is 601 g/mol. The van der Waals surface area contributed by atoms with E-state index in [0.717, 1.165) is 81.3 Å². The molecule has 0 saturated carbocycles. The molecule has 242 valence electrons. The van der Waals surface area contributed by atoms with Crippen LogP contribution in [-0.4, -0.2) is 87.8 Å². The van der Waals surface area contributed by atoms with Crippen molar-refractivity contribution >= 4 is 28.8 Å². The molecule has 2 fully saturated rings. The molecule has 5 heterocycles. The fraction of sp³-hybridized carbons (Fsp3) is 0.438. The third-order valence-corrected chi connectivity index (χ3v) is 8.65. The molecule has 2 saturated heterocycles. The summed E-state index contributed by atoms with van der Waals surface area (Å²) in [6.45, 7) is 6.50. The summed E-state index contributed by atoms with van der Waals surface area (Å²) in [5.74, 6) is 2.92. The van der Waals surface area contributed by atoms with Gasteiger partial charge in [0.15, 0.2) is 28.5 Å². The average Bonchev–Trinajstić information content (AvgIpc) is 3.79. The first-order valence-electron chi connectivity index (χ1n) is 15.6. The van der Waals surface area contributed by atoms with E-state index >= 15 is 0 Å². The number of likely N-dealkylation sites (tertiary alicyclic amines) is 1. The van der Waals surface area contributed by atoms with Crippen LogP contribution in [0.25, 0.3) is 11.2 Å². The number of nitrogens with zero attached hydrogens (tertiary/aromatic N) is 7. The van der Waals surface area contributed by atoms with Crippen molar-refractivity contribution < 1.29 is 27.4 Å². The number of rotatable bonds is 10. The standard InChI is InChI=1S/C32H35F3N8O3/c33-32(34,35)24-7-4-22(5-8-24)19-43-20-37-28-29(36-10-2-12-41-11-1-3-27(41)44)38-31(39-30(28)43)42-15-13-40(14-16-42)18-23-6-9-25-26(17-23)46-21-45-25/h4-9,17,20H,1-3,10-16,18-19,21H2,(H,36,38,39). The van der Waals surface area contributed by atoms with Gasteiger partial charge in [-0.3, -0.25) is 9.69 Å². The molecule has 14 heteroatoms. The number of piperazine rings is 1. The fourth-order valence-electron chi connectivity index (χ4n) is 6.13. The molecule has 1 N–H and O–H groups in total. The Balaban J connectivity index is 1.08. The number of imidazole rings is 1. The van der Waals surface area contributed by atoms with E-state index in [1.807, 2.05) is 21.6 Å². The Labute approximate surface area is 263 Å². The second kappa shape index (κ2) is 12.7. The molecule has 2 aromatic heterocycles. The summed E-state index contributed by atoms with van der Waals surface area (Å²) in [5.41, 5.74) is 2.37. The van der Waals surface area contributed by atoms with E-state index in [-0.39, 0.29) is 12.7 Å². The van der Waals surface area contributed by atoms with Crippen LogP contribution in [0.1, 0.15) is 36.0 Å². The number of alkyl halides is 3. The summed E-state index contributed by atoms with van der Waals surface area (Å²) in [6, 6.07) is 11.2. The topological polar surface area (TPSA) is 101 Å². The maximum atomic E-state index is 13.1. The van der Waals surface area contributed by atoms with E-state index < -0.39 is 11.7 Å². The first kappa shape index (κ1) is 30.1. The zero-order chi connectivity index (χ0) is 31.7. The summed E-state index contributed by atoms with van der Waals surface area (Å²) in [6.07, 6.45) is -0.457. The van der Waals surface area contributed by atoms with Crippen LogP contribution in [0, 0.1) is 0 Å². The molecule has 11 nitrogen and oxygen atoms in total. The van der Waals surface area contributed by atoms with E-state index in [0.29, 0.717) is 54.5 Å². The van der Waals surface area contributed by atoms with Gasteiger partial charge in [-0.2, -0.15) is 23.1 Å². The zero-order valence-electron chi connectivity index (χ0n) is 25.3. The van der Waals surface area contributed by atoms with E-state index in [1.54, 1.807) is 6.33 Å². The molecule has 0 spiro atoms. The van der Waals surface area contributed by atoms with Crippen LogP contribution in [0.15, 0.2) is 48.8 Å². The van der Waals surface area contributed by atoms with Gasteiger partial charge in [0.05, 0.1) is 18.4 Å². The highest BCUT2D eigenvalue weighted by Crippen LogP contribution is 2.33. The van der Waals surface area contributed by atoms with Gasteiger partial charge in [-0.15, -0.1) is 0 Å². The third-order valence-electron chi connectivity index (χ3n) is 8.65. The lowest BCUT2D eigenvalue weighted by atomic mass is 10.1. The largest absolute Gasteiger partial charge is 0.454 e. The number of carbonyl (C=O) groups excluding carboxylic acids is 1. The Kier molecular flexibility index (Phi) is 8.28. The van der Waals surface area contributed by atoms with Gasteiger partial charge in [-0.1, -0.05) is 18.2 Å². The average molecular weight is 637 g/mol. The van der Waals surface area contributed by atoms with Crippen molar-refractivity contribution in [2.75, 3.05) is 62.8 Å². The number of ether oxygens (including phenoxy) is 2. The molecule has 4 aromatic rings. The maximum absolute atomic E-state index is 13.1. The third kappa shape index (κ3) is 6.52. The monoisotopic (exact) mass is 636 g/mol. The molecule has 46 heavy (non-hydrogen) atoms. The molecular formula is C32H35F3N8O3. The smallest absolute Gasteiger partial charge is 0.416 e. The quantitative estimate of drug-likeness (QED) is 0.255. The molecule has 2 aromatic carbocycles. The van der Waals surface area contributed by atoms with Crippen LogP contribution in [0.4, 0.5) is 24.9 Å². The van der Waals surface area contributed by atoms with E-state index in [4.69, 9.17) is 19.4 Å². The number of hydrogen-bond acceptors (Lipinski definition) is 9. The molecule has 7 rings (SSSR count). The van der Waals surface area contributed by atoms with Crippen LogP contribution < -0.4 is 19.7 Å². The van der Waals surface area contributed by atoms with Crippen molar-refractivity contribution in [2.45, 2.75) is 38.5 Å². The van der Waals surface area contributed by atoms with E-state index in [2.05, 4.69) is 26.2 Å². The van der Waals surface area contributed by atoms with E-state index in [9.17, 15) is 18.0 Å². The van der Waals surface area contributed by atoms with Gasteiger partial charge in [0, 0.05) is 58.8 Å². The minimum absolute atomic E-state index is 0.200. The summed E-state index contributed by atoms with van der Waals surface area (Å²) < 4.78 is 52.1. The highest BCUT2D eigenvalue weighted by Gasteiger charge is 2.30. The van der Waals surface area contributed by atoms with E-state index in [1.165, 1.54) is 12.1 Å². The van der Waals surface area contributed by atoms with Crippen LogP contribution in [-0.2, 0) is 24.1 Å². The van der Waals surface area contributed by atoms with Crippen molar-refractivity contribution in [3.05, 3.63) is 65.5 Å². The number of halogens is 3.